The lowest BCUT2D eigenvalue weighted by atomic mass is 9.96. The second-order valence-corrected chi connectivity index (χ2v) is 8.20. The summed E-state index contributed by atoms with van der Waals surface area (Å²) in [6, 6.07) is 15.4. The predicted molar refractivity (Wildman–Crippen MR) is 99.1 cm³/mol. The van der Waals surface area contributed by atoms with Gasteiger partial charge >= 0.3 is 0 Å². The van der Waals surface area contributed by atoms with E-state index >= 15 is 0 Å². The first-order chi connectivity index (χ1) is 11.3. The molecule has 2 aromatic rings. The van der Waals surface area contributed by atoms with Gasteiger partial charge < -0.3 is 4.90 Å². The number of hydrogen-bond acceptors (Lipinski definition) is 5. The summed E-state index contributed by atoms with van der Waals surface area (Å²) in [5.41, 5.74) is 2.38. The summed E-state index contributed by atoms with van der Waals surface area (Å²) < 4.78 is 0. The largest absolute Gasteiger partial charge is 0.341 e. The van der Waals surface area contributed by atoms with Gasteiger partial charge in [0.2, 0.25) is 0 Å². The Hall–Kier alpha value is -1.46. The van der Waals surface area contributed by atoms with Crippen molar-refractivity contribution in [3.05, 3.63) is 59.9 Å². The van der Waals surface area contributed by atoms with E-state index < -0.39 is 0 Å². The maximum absolute atomic E-state index is 5.01. The van der Waals surface area contributed by atoms with E-state index in [2.05, 4.69) is 59.5 Å². The van der Waals surface area contributed by atoms with Gasteiger partial charge in [-0.15, -0.1) is 11.8 Å². The van der Waals surface area contributed by atoms with Crippen molar-refractivity contribution in [2.75, 3.05) is 12.8 Å². The molecule has 3 heterocycles. The molecule has 5 heteroatoms. The quantitative estimate of drug-likeness (QED) is 0.774. The number of thioether (sulfide) groups is 2. The highest BCUT2D eigenvalue weighted by Gasteiger charge is 2.43. The summed E-state index contributed by atoms with van der Waals surface area (Å²) in [4.78, 5) is 13.3. The van der Waals surface area contributed by atoms with Gasteiger partial charge in [0.15, 0.2) is 5.17 Å². The van der Waals surface area contributed by atoms with Crippen LogP contribution in [0.3, 0.4) is 0 Å². The number of aromatic nitrogens is 1. The predicted octanol–water partition coefficient (Wildman–Crippen LogP) is 4.39. The van der Waals surface area contributed by atoms with E-state index in [0.717, 1.165) is 12.2 Å². The topological polar surface area (TPSA) is 28.5 Å². The highest BCUT2D eigenvalue weighted by molar-refractivity contribution is 8.14. The number of rotatable bonds is 3. The fourth-order valence-corrected chi connectivity index (χ4v) is 4.78. The Morgan fingerprint density at radius 1 is 1.17 bits per heavy atom. The Kier molecular flexibility index (Phi) is 4.07. The van der Waals surface area contributed by atoms with E-state index in [9.17, 15) is 0 Å². The van der Waals surface area contributed by atoms with Crippen molar-refractivity contribution in [1.29, 1.82) is 0 Å². The normalized spacial score (nSPS) is 26.3. The minimum Gasteiger partial charge on any atom is -0.341 e. The lowest BCUT2D eigenvalue weighted by Crippen LogP contribution is -2.28. The monoisotopic (exact) mass is 341 g/mol. The van der Waals surface area contributed by atoms with Crippen LogP contribution in [0.2, 0.25) is 0 Å². The number of nitrogens with zero attached hydrogens (tertiary/aromatic N) is 3. The molecule has 0 saturated carbocycles. The van der Waals surface area contributed by atoms with Crippen LogP contribution in [-0.2, 0) is 0 Å². The van der Waals surface area contributed by atoms with Crippen LogP contribution in [0.25, 0.3) is 0 Å². The van der Waals surface area contributed by atoms with Crippen LogP contribution in [0.5, 0.6) is 0 Å². The van der Waals surface area contributed by atoms with E-state index in [-0.39, 0.29) is 12.1 Å². The van der Waals surface area contributed by atoms with E-state index in [1.54, 1.807) is 11.8 Å². The molecule has 1 saturated heterocycles. The molecule has 0 spiro atoms. The van der Waals surface area contributed by atoms with Gasteiger partial charge in [-0.1, -0.05) is 36.9 Å². The van der Waals surface area contributed by atoms with Crippen molar-refractivity contribution in [1.82, 2.24) is 9.88 Å². The zero-order valence-corrected chi connectivity index (χ0v) is 14.8. The van der Waals surface area contributed by atoms with Crippen LogP contribution in [0, 0.1) is 0 Å². The van der Waals surface area contributed by atoms with Crippen LogP contribution in [0.15, 0.2) is 58.5 Å². The summed E-state index contributed by atoms with van der Waals surface area (Å²) in [7, 11) is 0. The average molecular weight is 342 g/mol. The number of amidine groups is 1. The molecule has 0 amide bonds. The van der Waals surface area contributed by atoms with E-state index in [1.165, 1.54) is 15.6 Å². The van der Waals surface area contributed by atoms with Crippen molar-refractivity contribution in [2.45, 2.75) is 29.2 Å². The van der Waals surface area contributed by atoms with Crippen LogP contribution in [0.4, 0.5) is 0 Å². The third kappa shape index (κ3) is 2.76. The second-order valence-electron chi connectivity index (χ2n) is 5.91. The minimum absolute atomic E-state index is 0.0892. The van der Waals surface area contributed by atoms with Gasteiger partial charge in [0.1, 0.15) is 6.04 Å². The molecule has 118 valence electrons. The molecule has 3 nitrogen and oxygen atoms in total. The summed E-state index contributed by atoms with van der Waals surface area (Å²) in [5, 5.41) is 1.78. The molecule has 2 aliphatic heterocycles. The highest BCUT2D eigenvalue weighted by Crippen LogP contribution is 2.47. The SMILES string of the molecule is CSc1ccc([C@@H]2[C@@H](c3ccccn3)N=C3S[C@@H](C)CN32)cc1. The Balaban J connectivity index is 1.74. The number of fused-ring (bicyclic) bond motifs is 1. The number of hydrogen-bond donors (Lipinski definition) is 0. The molecular weight excluding hydrogens is 322 g/mol. The smallest absolute Gasteiger partial charge is 0.160 e. The summed E-state index contributed by atoms with van der Waals surface area (Å²) >= 11 is 3.66. The maximum atomic E-state index is 5.01. The lowest BCUT2D eigenvalue weighted by molar-refractivity contribution is 0.321. The van der Waals surface area contributed by atoms with Crippen molar-refractivity contribution in [3.63, 3.8) is 0 Å². The van der Waals surface area contributed by atoms with Gasteiger partial charge in [-0.3, -0.25) is 9.98 Å². The lowest BCUT2D eigenvalue weighted by Gasteiger charge is -2.27. The van der Waals surface area contributed by atoms with Gasteiger partial charge in [0, 0.05) is 22.9 Å². The first-order valence-corrected chi connectivity index (χ1v) is 9.92. The highest BCUT2D eigenvalue weighted by atomic mass is 32.2. The van der Waals surface area contributed by atoms with Crippen LogP contribution >= 0.6 is 23.5 Å². The minimum atomic E-state index is 0.0892. The van der Waals surface area contributed by atoms with Crippen molar-refractivity contribution in [3.8, 4) is 0 Å². The van der Waals surface area contributed by atoms with E-state index in [0.29, 0.717) is 5.25 Å². The molecule has 0 radical (unpaired) electrons. The fraction of sp³-hybridized carbons (Fsp3) is 0.333. The van der Waals surface area contributed by atoms with Crippen molar-refractivity contribution >= 4 is 28.7 Å². The average Bonchev–Trinajstić information content (AvgIpc) is 3.11. The maximum Gasteiger partial charge on any atom is 0.160 e. The van der Waals surface area contributed by atoms with Crippen LogP contribution < -0.4 is 0 Å². The van der Waals surface area contributed by atoms with Gasteiger partial charge in [0.05, 0.1) is 11.7 Å². The standard InChI is InChI=1S/C18H19N3S2/c1-12-11-21-17(13-6-8-14(22-2)9-7-13)16(20-18(21)23-12)15-5-3-4-10-19-15/h3-10,12,16-17H,11H2,1-2H3/t12-,16+,17+/m0/s1. The van der Waals surface area contributed by atoms with Crippen LogP contribution in [-0.4, -0.2) is 33.1 Å². The number of pyridine rings is 1. The molecule has 0 N–H and O–H groups in total. The molecule has 1 aromatic carbocycles. The van der Waals surface area contributed by atoms with Crippen molar-refractivity contribution in [2.24, 2.45) is 4.99 Å². The molecule has 0 bridgehead atoms. The van der Waals surface area contributed by atoms with E-state index in [1.807, 2.05) is 24.0 Å². The fourth-order valence-electron chi connectivity index (χ4n) is 3.28. The first kappa shape index (κ1) is 15.1. The van der Waals surface area contributed by atoms with E-state index in [4.69, 9.17) is 4.99 Å². The molecular formula is C18H19N3S2. The third-order valence-electron chi connectivity index (χ3n) is 4.34. The molecule has 3 atom stereocenters. The number of aliphatic imine (C=N–C) groups is 1. The van der Waals surface area contributed by atoms with Gasteiger partial charge in [-0.05, 0) is 36.1 Å². The first-order valence-electron chi connectivity index (χ1n) is 7.82. The molecule has 2 aliphatic rings. The van der Waals surface area contributed by atoms with Gasteiger partial charge in [0.25, 0.3) is 0 Å². The Morgan fingerprint density at radius 2 is 2.00 bits per heavy atom. The molecule has 0 aliphatic carbocycles. The van der Waals surface area contributed by atoms with Crippen LogP contribution in [0.1, 0.15) is 30.3 Å². The number of benzene rings is 1. The van der Waals surface area contributed by atoms with Gasteiger partial charge in [-0.25, -0.2) is 0 Å². The summed E-state index contributed by atoms with van der Waals surface area (Å²) in [6.07, 6.45) is 3.98. The zero-order chi connectivity index (χ0) is 15.8. The summed E-state index contributed by atoms with van der Waals surface area (Å²) in [6.45, 7) is 3.33. The summed E-state index contributed by atoms with van der Waals surface area (Å²) in [5.74, 6) is 0. The molecule has 23 heavy (non-hydrogen) atoms. The second kappa shape index (κ2) is 6.21. The third-order valence-corrected chi connectivity index (χ3v) is 6.18. The van der Waals surface area contributed by atoms with Gasteiger partial charge in [-0.2, -0.15) is 0 Å². The zero-order valence-electron chi connectivity index (χ0n) is 13.2. The molecule has 1 fully saturated rings. The molecule has 1 aromatic heterocycles. The Bertz CT molecular complexity index is 715. The Labute approximate surface area is 145 Å². The Morgan fingerprint density at radius 3 is 2.70 bits per heavy atom. The van der Waals surface area contributed by atoms with Crippen molar-refractivity contribution < 1.29 is 0 Å². The molecule has 0 unspecified atom stereocenters. The molecule has 4 rings (SSSR count).